The summed E-state index contributed by atoms with van der Waals surface area (Å²) in [5, 5.41) is 8.85. The quantitative estimate of drug-likeness (QED) is 0.458. The summed E-state index contributed by atoms with van der Waals surface area (Å²) in [5.74, 6) is -2.01. The summed E-state index contributed by atoms with van der Waals surface area (Å²) < 4.78 is 0. The summed E-state index contributed by atoms with van der Waals surface area (Å²) in [7, 11) is 0. The molecule has 0 aromatic heterocycles. The van der Waals surface area contributed by atoms with Gasteiger partial charge in [0, 0.05) is 18.4 Å². The maximum absolute atomic E-state index is 11.6. The Bertz CT molecular complexity index is 505. The number of Topliss-reactive ketones (excluding diaryl/α,β-unsaturated/α-hetero) is 2. The number of benzene rings is 1. The Labute approximate surface area is 111 Å². The van der Waals surface area contributed by atoms with Crippen LogP contribution in [0.3, 0.4) is 0 Å². The van der Waals surface area contributed by atoms with E-state index >= 15 is 0 Å². The first-order chi connectivity index (χ1) is 8.99. The van der Waals surface area contributed by atoms with Crippen LogP contribution >= 0.6 is 0 Å². The maximum Gasteiger partial charge on any atom is 0.328 e. The van der Waals surface area contributed by atoms with Gasteiger partial charge in [0.1, 0.15) is 0 Å². The minimum absolute atomic E-state index is 0.169. The molecular formula is C14H15NO4. The largest absolute Gasteiger partial charge is 0.480 e. The van der Waals surface area contributed by atoms with Gasteiger partial charge in [0.25, 0.3) is 0 Å². The van der Waals surface area contributed by atoms with Gasteiger partial charge in [-0.05, 0) is 12.3 Å². The van der Waals surface area contributed by atoms with E-state index in [9.17, 15) is 14.4 Å². The van der Waals surface area contributed by atoms with Crippen molar-refractivity contribution in [1.82, 2.24) is 0 Å². The number of hydrogen-bond acceptors (Lipinski definition) is 4. The van der Waals surface area contributed by atoms with Crippen LogP contribution < -0.4 is 0 Å². The molecule has 1 aromatic rings. The van der Waals surface area contributed by atoms with Crippen LogP contribution in [0.5, 0.6) is 0 Å². The van der Waals surface area contributed by atoms with Crippen molar-refractivity contribution < 1.29 is 19.5 Å². The fourth-order valence-corrected chi connectivity index (χ4v) is 1.57. The first-order valence-corrected chi connectivity index (χ1v) is 5.84. The summed E-state index contributed by atoms with van der Waals surface area (Å²) in [6, 6.07) is 5.38. The molecule has 1 N–H and O–H groups in total. The number of ketones is 2. The monoisotopic (exact) mass is 261 g/mol. The van der Waals surface area contributed by atoms with E-state index in [2.05, 4.69) is 11.7 Å². The topological polar surface area (TPSA) is 83.8 Å². The van der Waals surface area contributed by atoms with Crippen molar-refractivity contribution in [2.75, 3.05) is 0 Å². The molecular weight excluding hydrogens is 246 g/mol. The fraction of sp³-hybridized carbons (Fsp3) is 0.286. The molecule has 0 spiro atoms. The smallest absolute Gasteiger partial charge is 0.328 e. The summed E-state index contributed by atoms with van der Waals surface area (Å²) >= 11 is 0. The van der Waals surface area contributed by atoms with Crippen LogP contribution in [-0.4, -0.2) is 35.4 Å². The van der Waals surface area contributed by atoms with E-state index in [1.54, 1.807) is 19.1 Å². The molecule has 0 fully saturated rings. The highest BCUT2D eigenvalue weighted by molar-refractivity contribution is 6.43. The number of hydrogen-bond donors (Lipinski definition) is 1. The van der Waals surface area contributed by atoms with E-state index in [4.69, 9.17) is 5.11 Å². The average molecular weight is 261 g/mol. The summed E-state index contributed by atoms with van der Waals surface area (Å²) in [6.07, 6.45) is 0.372. The first-order valence-electron chi connectivity index (χ1n) is 5.84. The lowest BCUT2D eigenvalue weighted by molar-refractivity contribution is -0.138. The zero-order valence-electron chi connectivity index (χ0n) is 10.6. The van der Waals surface area contributed by atoms with Gasteiger partial charge in [0.15, 0.2) is 6.04 Å². The number of nitrogens with zero attached hydrogens (tertiary/aromatic N) is 1. The van der Waals surface area contributed by atoms with Gasteiger partial charge < -0.3 is 5.11 Å². The molecule has 100 valence electrons. The van der Waals surface area contributed by atoms with Crippen LogP contribution in [0, 0.1) is 0 Å². The Balaban J connectivity index is 2.82. The zero-order chi connectivity index (χ0) is 14.4. The third kappa shape index (κ3) is 3.84. The standard InChI is InChI=1S/C14H15NO4/c1-3-12(16)13(17)10-6-4-9(5-7-10)8-11(15-2)14(18)19/h4-7,11H,2-3,8H2,1H3,(H,18,19). The molecule has 1 atom stereocenters. The highest BCUT2D eigenvalue weighted by atomic mass is 16.4. The Hall–Kier alpha value is -2.30. The third-order valence-corrected chi connectivity index (χ3v) is 2.72. The Morgan fingerprint density at radius 3 is 2.26 bits per heavy atom. The van der Waals surface area contributed by atoms with Crippen LogP contribution in [0.4, 0.5) is 0 Å². The Kier molecular flexibility index (Phi) is 5.11. The summed E-state index contributed by atoms with van der Waals surface area (Å²) in [5.41, 5.74) is 1.04. The molecule has 0 radical (unpaired) electrons. The van der Waals surface area contributed by atoms with Crippen molar-refractivity contribution in [3.05, 3.63) is 35.4 Å². The number of rotatable bonds is 7. The minimum Gasteiger partial charge on any atom is -0.480 e. The van der Waals surface area contributed by atoms with Gasteiger partial charge in [-0.1, -0.05) is 31.2 Å². The van der Waals surface area contributed by atoms with Gasteiger partial charge in [-0.25, -0.2) is 4.79 Å². The number of carbonyl (C=O) groups excluding carboxylic acids is 2. The van der Waals surface area contributed by atoms with Gasteiger partial charge in [-0.15, -0.1) is 0 Å². The number of carboxylic acids is 1. The minimum atomic E-state index is -1.05. The Morgan fingerprint density at radius 1 is 1.26 bits per heavy atom. The second kappa shape index (κ2) is 6.58. The molecule has 1 unspecified atom stereocenters. The van der Waals surface area contributed by atoms with Crippen molar-refractivity contribution in [2.24, 2.45) is 4.99 Å². The lowest BCUT2D eigenvalue weighted by atomic mass is 10.0. The van der Waals surface area contributed by atoms with Crippen LogP contribution in [0.2, 0.25) is 0 Å². The zero-order valence-corrected chi connectivity index (χ0v) is 10.6. The van der Waals surface area contributed by atoms with E-state index in [-0.39, 0.29) is 12.8 Å². The maximum atomic E-state index is 11.6. The lowest BCUT2D eigenvalue weighted by Gasteiger charge is -2.07. The van der Waals surface area contributed by atoms with Crippen LogP contribution in [0.15, 0.2) is 29.3 Å². The third-order valence-electron chi connectivity index (χ3n) is 2.72. The molecule has 0 aliphatic heterocycles. The van der Waals surface area contributed by atoms with Crippen molar-refractivity contribution in [2.45, 2.75) is 25.8 Å². The van der Waals surface area contributed by atoms with E-state index in [0.717, 1.165) is 5.56 Å². The molecule has 0 saturated heterocycles. The van der Waals surface area contributed by atoms with E-state index in [1.807, 2.05) is 0 Å². The second-order valence-electron chi connectivity index (χ2n) is 4.04. The number of aliphatic imine (C=N–C) groups is 1. The molecule has 0 heterocycles. The predicted molar refractivity (Wildman–Crippen MR) is 70.7 cm³/mol. The van der Waals surface area contributed by atoms with E-state index < -0.39 is 23.6 Å². The van der Waals surface area contributed by atoms with Crippen molar-refractivity contribution in [3.8, 4) is 0 Å². The van der Waals surface area contributed by atoms with Crippen molar-refractivity contribution in [3.63, 3.8) is 0 Å². The normalized spacial score (nSPS) is 11.6. The van der Waals surface area contributed by atoms with E-state index in [0.29, 0.717) is 5.56 Å². The van der Waals surface area contributed by atoms with Crippen molar-refractivity contribution >= 4 is 24.3 Å². The fourth-order valence-electron chi connectivity index (χ4n) is 1.57. The number of aliphatic carboxylic acids is 1. The van der Waals surface area contributed by atoms with Gasteiger partial charge in [-0.2, -0.15) is 0 Å². The molecule has 5 heteroatoms. The van der Waals surface area contributed by atoms with Gasteiger partial charge in [0.05, 0.1) is 0 Å². The molecule has 0 bridgehead atoms. The summed E-state index contributed by atoms with van der Waals surface area (Å²) in [6.45, 7) is 4.86. The Morgan fingerprint density at radius 2 is 1.84 bits per heavy atom. The van der Waals surface area contributed by atoms with Crippen LogP contribution in [0.25, 0.3) is 0 Å². The average Bonchev–Trinajstić information content (AvgIpc) is 2.43. The molecule has 0 saturated carbocycles. The molecule has 0 aliphatic rings. The number of carboxylic acid groups (broad SMARTS) is 1. The molecule has 1 aromatic carbocycles. The second-order valence-corrected chi connectivity index (χ2v) is 4.04. The highest BCUT2D eigenvalue weighted by Gasteiger charge is 2.17. The van der Waals surface area contributed by atoms with Crippen LogP contribution in [0.1, 0.15) is 29.3 Å². The lowest BCUT2D eigenvalue weighted by Crippen LogP contribution is -2.20. The predicted octanol–water partition coefficient (Wildman–Crippen LogP) is 1.54. The molecule has 1 rings (SSSR count). The van der Waals surface area contributed by atoms with Crippen molar-refractivity contribution in [1.29, 1.82) is 0 Å². The molecule has 0 aliphatic carbocycles. The number of carbonyl (C=O) groups is 3. The first kappa shape index (κ1) is 14.8. The molecule has 5 nitrogen and oxygen atoms in total. The van der Waals surface area contributed by atoms with Gasteiger partial charge in [0.2, 0.25) is 11.6 Å². The van der Waals surface area contributed by atoms with Gasteiger partial charge in [-0.3, -0.25) is 14.6 Å². The SMILES string of the molecule is C=NC(Cc1ccc(C(=O)C(=O)CC)cc1)C(=O)O. The molecule has 19 heavy (non-hydrogen) atoms. The molecule has 0 amide bonds. The van der Waals surface area contributed by atoms with Crippen LogP contribution in [-0.2, 0) is 16.0 Å². The van der Waals surface area contributed by atoms with Gasteiger partial charge >= 0.3 is 5.97 Å². The highest BCUT2D eigenvalue weighted by Crippen LogP contribution is 2.10. The summed E-state index contributed by atoms with van der Waals surface area (Å²) in [4.78, 5) is 37.2. The van der Waals surface area contributed by atoms with E-state index in [1.165, 1.54) is 12.1 Å².